The lowest BCUT2D eigenvalue weighted by atomic mass is 10.1. The van der Waals surface area contributed by atoms with E-state index in [1.165, 1.54) is 12.7 Å². The Morgan fingerprint density at radius 1 is 1.50 bits per heavy atom. The molecule has 0 saturated carbocycles. The highest BCUT2D eigenvalue weighted by Crippen LogP contribution is 2.30. The second kappa shape index (κ2) is 3.58. The largest absolute Gasteiger partial charge is 0.465 e. The molecule has 2 rings (SSSR count). The van der Waals surface area contributed by atoms with Gasteiger partial charge in [-0.05, 0) is 29.7 Å². The minimum Gasteiger partial charge on any atom is -0.465 e. The van der Waals surface area contributed by atoms with Gasteiger partial charge >= 0.3 is 5.97 Å². The van der Waals surface area contributed by atoms with Crippen molar-refractivity contribution in [1.29, 1.82) is 0 Å². The van der Waals surface area contributed by atoms with Crippen LogP contribution >= 0.6 is 15.9 Å². The first-order valence-corrected chi connectivity index (χ1v) is 5.09. The molecule has 0 aliphatic heterocycles. The van der Waals surface area contributed by atoms with Crippen molar-refractivity contribution in [2.24, 2.45) is 0 Å². The second-order valence-corrected chi connectivity index (χ2v) is 4.03. The van der Waals surface area contributed by atoms with Gasteiger partial charge in [0.05, 0.1) is 12.7 Å². The molecule has 0 N–H and O–H groups in total. The first-order chi connectivity index (χ1) is 6.72. The van der Waals surface area contributed by atoms with Crippen LogP contribution in [0, 0.1) is 0 Å². The summed E-state index contributed by atoms with van der Waals surface area (Å²) in [6.45, 7) is 0. The molecular weight excluding hydrogens is 244 g/mol. The predicted molar refractivity (Wildman–Crippen MR) is 57.8 cm³/mol. The van der Waals surface area contributed by atoms with Gasteiger partial charge in [0.15, 0.2) is 0 Å². The summed E-state index contributed by atoms with van der Waals surface area (Å²) < 4.78 is 5.74. The van der Waals surface area contributed by atoms with Gasteiger partial charge in [-0.3, -0.25) is 0 Å². The molecule has 0 aromatic heterocycles. The average Bonchev–Trinajstić information content (AvgIpc) is 2.59. The van der Waals surface area contributed by atoms with Gasteiger partial charge < -0.3 is 4.74 Å². The van der Waals surface area contributed by atoms with Gasteiger partial charge in [-0.1, -0.05) is 28.1 Å². The molecule has 0 unspecified atom stereocenters. The van der Waals surface area contributed by atoms with E-state index in [4.69, 9.17) is 4.74 Å². The summed E-state index contributed by atoms with van der Waals surface area (Å²) in [5.74, 6) is -0.258. The molecule has 3 heteroatoms. The minimum atomic E-state index is -0.258. The molecule has 0 heterocycles. The summed E-state index contributed by atoms with van der Waals surface area (Å²) in [6, 6.07) is 5.90. The molecule has 0 amide bonds. The van der Waals surface area contributed by atoms with Crippen molar-refractivity contribution in [2.75, 3.05) is 7.11 Å². The van der Waals surface area contributed by atoms with Crippen molar-refractivity contribution in [1.82, 2.24) is 0 Å². The third-order valence-corrected chi connectivity index (χ3v) is 2.78. The highest BCUT2D eigenvalue weighted by atomic mass is 79.9. The Morgan fingerprint density at radius 2 is 2.29 bits per heavy atom. The Kier molecular flexibility index (Phi) is 2.42. The molecule has 1 aliphatic rings. The minimum absolute atomic E-state index is 0.258. The topological polar surface area (TPSA) is 26.3 Å². The lowest BCUT2D eigenvalue weighted by molar-refractivity contribution is -0.133. The van der Waals surface area contributed by atoms with E-state index in [1.807, 2.05) is 24.3 Å². The number of benzene rings is 1. The summed E-state index contributed by atoms with van der Waals surface area (Å²) in [5, 5.41) is 0. The zero-order chi connectivity index (χ0) is 10.1. The van der Waals surface area contributed by atoms with Gasteiger partial charge in [-0.15, -0.1) is 0 Å². The molecular formula is C11H9BrO2. The molecule has 0 bridgehead atoms. The Hall–Kier alpha value is -1.09. The van der Waals surface area contributed by atoms with Crippen LogP contribution in [0.15, 0.2) is 28.7 Å². The second-order valence-electron chi connectivity index (χ2n) is 3.11. The Bertz CT molecular complexity index is 421. The van der Waals surface area contributed by atoms with Gasteiger partial charge in [0.2, 0.25) is 0 Å². The van der Waals surface area contributed by atoms with E-state index < -0.39 is 0 Å². The lowest BCUT2D eigenvalue weighted by Gasteiger charge is -2.03. The number of esters is 1. The van der Waals surface area contributed by atoms with E-state index in [9.17, 15) is 4.79 Å². The number of methoxy groups -OCH3 is 1. The third-order valence-electron chi connectivity index (χ3n) is 2.29. The van der Waals surface area contributed by atoms with E-state index in [1.54, 1.807) is 0 Å². The maximum Gasteiger partial charge on any atom is 0.338 e. The highest BCUT2D eigenvalue weighted by molar-refractivity contribution is 9.10. The highest BCUT2D eigenvalue weighted by Gasteiger charge is 2.20. The van der Waals surface area contributed by atoms with E-state index >= 15 is 0 Å². The van der Waals surface area contributed by atoms with E-state index in [2.05, 4.69) is 15.9 Å². The molecule has 0 spiro atoms. The molecule has 1 aliphatic carbocycles. The number of ether oxygens (including phenoxy) is 1. The normalized spacial score (nSPS) is 13.4. The van der Waals surface area contributed by atoms with Crippen molar-refractivity contribution in [3.05, 3.63) is 39.9 Å². The van der Waals surface area contributed by atoms with Crippen LogP contribution < -0.4 is 0 Å². The molecule has 2 nitrogen and oxygen atoms in total. The van der Waals surface area contributed by atoms with Gasteiger partial charge in [0.1, 0.15) is 0 Å². The van der Waals surface area contributed by atoms with Crippen LogP contribution in [0.5, 0.6) is 0 Å². The number of hydrogen-bond donors (Lipinski definition) is 0. The number of allylic oxidation sites excluding steroid dienone is 1. The van der Waals surface area contributed by atoms with Crippen LogP contribution in [0.1, 0.15) is 11.1 Å². The van der Waals surface area contributed by atoms with Gasteiger partial charge in [0, 0.05) is 4.47 Å². The molecule has 0 saturated heterocycles. The molecule has 14 heavy (non-hydrogen) atoms. The zero-order valence-electron chi connectivity index (χ0n) is 7.71. The number of carbonyl (C=O) groups is 1. The monoisotopic (exact) mass is 252 g/mol. The van der Waals surface area contributed by atoms with Crippen molar-refractivity contribution < 1.29 is 9.53 Å². The first-order valence-electron chi connectivity index (χ1n) is 4.29. The van der Waals surface area contributed by atoms with Crippen molar-refractivity contribution in [2.45, 2.75) is 6.42 Å². The van der Waals surface area contributed by atoms with Crippen LogP contribution in [0.4, 0.5) is 0 Å². The maximum absolute atomic E-state index is 11.4. The first kappa shape index (κ1) is 9.46. The summed E-state index contributed by atoms with van der Waals surface area (Å²) in [5.41, 5.74) is 2.83. The quantitative estimate of drug-likeness (QED) is 0.719. The fourth-order valence-corrected chi connectivity index (χ4v) is 2.03. The Morgan fingerprint density at radius 3 is 3.00 bits per heavy atom. The van der Waals surface area contributed by atoms with Crippen LogP contribution in [-0.2, 0) is 16.0 Å². The van der Waals surface area contributed by atoms with Crippen molar-refractivity contribution in [3.8, 4) is 0 Å². The number of rotatable bonds is 1. The molecule has 1 aromatic rings. The third kappa shape index (κ3) is 1.48. The number of carbonyl (C=O) groups excluding carboxylic acids is 1. The fourth-order valence-electron chi connectivity index (χ4n) is 1.62. The lowest BCUT2D eigenvalue weighted by Crippen LogP contribution is -2.02. The smallest absolute Gasteiger partial charge is 0.338 e. The van der Waals surface area contributed by atoms with Gasteiger partial charge in [0.25, 0.3) is 0 Å². The van der Waals surface area contributed by atoms with Crippen molar-refractivity contribution in [3.63, 3.8) is 0 Å². The van der Waals surface area contributed by atoms with E-state index in [0.29, 0.717) is 5.57 Å². The molecule has 0 radical (unpaired) electrons. The molecule has 0 fully saturated rings. The number of fused-ring (bicyclic) bond motifs is 1. The fraction of sp³-hybridized carbons (Fsp3) is 0.182. The van der Waals surface area contributed by atoms with Crippen molar-refractivity contribution >= 4 is 27.5 Å². The maximum atomic E-state index is 11.4. The van der Waals surface area contributed by atoms with E-state index in [0.717, 1.165) is 16.5 Å². The molecule has 0 atom stereocenters. The molecule has 1 aromatic carbocycles. The summed E-state index contributed by atoms with van der Waals surface area (Å²) in [6.07, 6.45) is 2.71. The number of halogens is 1. The number of hydrogen-bond acceptors (Lipinski definition) is 2. The Balaban J connectivity index is 2.42. The van der Waals surface area contributed by atoms with E-state index in [-0.39, 0.29) is 5.97 Å². The van der Waals surface area contributed by atoms with Crippen LogP contribution in [-0.4, -0.2) is 13.1 Å². The van der Waals surface area contributed by atoms with Gasteiger partial charge in [-0.2, -0.15) is 0 Å². The van der Waals surface area contributed by atoms with Gasteiger partial charge in [-0.25, -0.2) is 4.79 Å². The van der Waals surface area contributed by atoms with Crippen LogP contribution in [0.25, 0.3) is 5.57 Å². The average molecular weight is 253 g/mol. The Labute approximate surface area is 90.7 Å². The summed E-state index contributed by atoms with van der Waals surface area (Å²) in [7, 11) is 1.40. The predicted octanol–water partition coefficient (Wildman–Crippen LogP) is 2.56. The molecule has 72 valence electrons. The summed E-state index contributed by atoms with van der Waals surface area (Å²) >= 11 is 3.40. The SMILES string of the molecule is COC(=O)C1=CCc2cc(Br)ccc21. The van der Waals surface area contributed by atoms with Crippen LogP contribution in [0.2, 0.25) is 0 Å². The summed E-state index contributed by atoms with van der Waals surface area (Å²) in [4.78, 5) is 11.4. The zero-order valence-corrected chi connectivity index (χ0v) is 9.30. The standard InChI is InChI=1S/C11H9BrO2/c1-14-11(13)10-4-2-7-6-8(12)3-5-9(7)10/h3-6H,2H2,1H3. The van der Waals surface area contributed by atoms with Crippen LogP contribution in [0.3, 0.4) is 0 Å².